The molecule has 0 bridgehead atoms. The van der Waals surface area contributed by atoms with Crippen LogP contribution in [0.15, 0.2) is 42.5 Å². The third-order valence-electron chi connectivity index (χ3n) is 2.99. The zero-order valence-electron chi connectivity index (χ0n) is 12.0. The van der Waals surface area contributed by atoms with Crippen molar-refractivity contribution >= 4 is 16.8 Å². The summed E-state index contributed by atoms with van der Waals surface area (Å²) >= 11 is 5.27. The smallest absolute Gasteiger partial charge is 0.256 e. The van der Waals surface area contributed by atoms with Gasteiger partial charge in [-0.2, -0.15) is 0 Å². The minimum absolute atomic E-state index is 0.323. The van der Waals surface area contributed by atoms with Crippen LogP contribution in [0.1, 0.15) is 15.9 Å². The summed E-state index contributed by atoms with van der Waals surface area (Å²) < 4.78 is 15.2. The number of carbonyl (C=O) groups excluding carboxylic acids is 1. The van der Waals surface area contributed by atoms with E-state index in [0.717, 1.165) is 17.1 Å². The monoisotopic (exact) mass is 321 g/mol. The maximum atomic E-state index is 10.7. The molecule has 2 aromatic carbocycles. The summed E-state index contributed by atoms with van der Waals surface area (Å²) in [5.74, 6) is 2.11. The van der Waals surface area contributed by atoms with Gasteiger partial charge in [0.05, 0.1) is 12.7 Å². The second kappa shape index (κ2) is 7.68. The summed E-state index contributed by atoms with van der Waals surface area (Å²) in [6.07, 6.45) is 0. The van der Waals surface area contributed by atoms with Crippen LogP contribution in [0.25, 0.3) is 0 Å². The molecule has 22 heavy (non-hydrogen) atoms. The maximum absolute atomic E-state index is 10.7. The first kappa shape index (κ1) is 16.1. The van der Waals surface area contributed by atoms with Gasteiger partial charge in [-0.05, 0) is 41.4 Å². The molecular formula is C16H16ClNO4. The van der Waals surface area contributed by atoms with Gasteiger partial charge in [-0.25, -0.2) is 0 Å². The van der Waals surface area contributed by atoms with Crippen LogP contribution in [0.4, 0.5) is 0 Å². The van der Waals surface area contributed by atoms with E-state index in [9.17, 15) is 4.79 Å². The molecule has 0 unspecified atom stereocenters. The lowest BCUT2D eigenvalue weighted by atomic mass is 10.2. The Kier molecular flexibility index (Phi) is 5.63. The number of ether oxygens (including phenoxy) is 3. The van der Waals surface area contributed by atoms with Crippen molar-refractivity contribution in [2.45, 2.75) is 6.54 Å². The Morgan fingerprint density at radius 2 is 1.95 bits per heavy atom. The van der Waals surface area contributed by atoms with Crippen LogP contribution in [-0.4, -0.2) is 19.1 Å². The Labute approximate surface area is 133 Å². The molecule has 116 valence electrons. The van der Waals surface area contributed by atoms with Gasteiger partial charge in [0.25, 0.3) is 5.24 Å². The fraction of sp³-hybridized carbons (Fsp3) is 0.188. The SMILES string of the molecule is COc1ccccc1C(=O)Cl.NCc1ccc2c(c1)OCO2. The van der Waals surface area contributed by atoms with Gasteiger partial charge >= 0.3 is 0 Å². The second-order valence-corrected chi connectivity index (χ2v) is 4.71. The lowest BCUT2D eigenvalue weighted by molar-refractivity contribution is 0.107. The first-order valence-corrected chi connectivity index (χ1v) is 6.95. The van der Waals surface area contributed by atoms with Crippen LogP contribution in [0.2, 0.25) is 0 Å². The van der Waals surface area contributed by atoms with Crippen molar-refractivity contribution in [1.82, 2.24) is 0 Å². The third-order valence-corrected chi connectivity index (χ3v) is 3.20. The molecule has 0 atom stereocenters. The van der Waals surface area contributed by atoms with E-state index in [2.05, 4.69) is 0 Å². The van der Waals surface area contributed by atoms with Gasteiger partial charge in [0.15, 0.2) is 11.5 Å². The van der Waals surface area contributed by atoms with Crippen molar-refractivity contribution in [3.8, 4) is 17.2 Å². The third kappa shape index (κ3) is 3.90. The Balaban J connectivity index is 0.000000160. The fourth-order valence-corrected chi connectivity index (χ4v) is 2.03. The van der Waals surface area contributed by atoms with Gasteiger partial charge < -0.3 is 19.9 Å². The highest BCUT2D eigenvalue weighted by Crippen LogP contribution is 2.32. The van der Waals surface area contributed by atoms with E-state index in [1.54, 1.807) is 24.3 Å². The van der Waals surface area contributed by atoms with Crippen molar-refractivity contribution in [2.75, 3.05) is 13.9 Å². The highest BCUT2D eigenvalue weighted by atomic mass is 35.5. The molecule has 1 aliphatic rings. The molecule has 0 radical (unpaired) electrons. The number of para-hydroxylation sites is 1. The molecular weight excluding hydrogens is 306 g/mol. The number of hydrogen-bond donors (Lipinski definition) is 1. The summed E-state index contributed by atoms with van der Waals surface area (Å²) in [7, 11) is 1.50. The Bertz CT molecular complexity index is 660. The number of halogens is 1. The molecule has 0 aliphatic carbocycles. The molecule has 6 heteroatoms. The van der Waals surface area contributed by atoms with Gasteiger partial charge in [-0.1, -0.05) is 18.2 Å². The first-order chi connectivity index (χ1) is 10.7. The van der Waals surface area contributed by atoms with Crippen molar-refractivity contribution in [2.24, 2.45) is 5.73 Å². The number of hydrogen-bond acceptors (Lipinski definition) is 5. The normalized spacial score (nSPS) is 11.4. The molecule has 0 saturated heterocycles. The van der Waals surface area contributed by atoms with E-state index in [1.165, 1.54) is 7.11 Å². The predicted molar refractivity (Wildman–Crippen MR) is 83.6 cm³/mol. The average Bonchev–Trinajstić information content (AvgIpc) is 3.02. The zero-order chi connectivity index (χ0) is 15.9. The molecule has 3 rings (SSSR count). The lowest BCUT2D eigenvalue weighted by Gasteiger charge is -2.01. The van der Waals surface area contributed by atoms with Crippen LogP contribution in [0.5, 0.6) is 17.2 Å². The van der Waals surface area contributed by atoms with Gasteiger partial charge in [0, 0.05) is 6.54 Å². The molecule has 1 aliphatic heterocycles. The van der Waals surface area contributed by atoms with Gasteiger partial charge in [-0.3, -0.25) is 4.79 Å². The molecule has 1 heterocycles. The van der Waals surface area contributed by atoms with Crippen LogP contribution in [0.3, 0.4) is 0 Å². The number of fused-ring (bicyclic) bond motifs is 1. The maximum Gasteiger partial charge on any atom is 0.256 e. The number of carbonyl (C=O) groups is 1. The number of benzene rings is 2. The Hall–Kier alpha value is -2.24. The van der Waals surface area contributed by atoms with E-state index in [1.807, 2.05) is 18.2 Å². The minimum Gasteiger partial charge on any atom is -0.496 e. The number of methoxy groups -OCH3 is 1. The highest BCUT2D eigenvalue weighted by Gasteiger charge is 2.12. The molecule has 0 saturated carbocycles. The molecule has 5 nitrogen and oxygen atoms in total. The zero-order valence-corrected chi connectivity index (χ0v) is 12.8. The minimum atomic E-state index is -0.498. The van der Waals surface area contributed by atoms with Gasteiger partial charge in [-0.15, -0.1) is 0 Å². The molecule has 0 spiro atoms. The van der Waals surface area contributed by atoms with E-state index in [4.69, 9.17) is 31.5 Å². The van der Waals surface area contributed by atoms with Crippen LogP contribution in [0, 0.1) is 0 Å². The fourth-order valence-electron chi connectivity index (χ4n) is 1.87. The van der Waals surface area contributed by atoms with Crippen molar-refractivity contribution in [1.29, 1.82) is 0 Å². The van der Waals surface area contributed by atoms with Crippen molar-refractivity contribution in [3.05, 3.63) is 53.6 Å². The molecule has 0 fully saturated rings. The standard InChI is InChI=1S/C8H7ClO2.C8H9NO2/c1-11-7-5-3-2-4-6(7)8(9)10;9-4-6-1-2-7-8(3-6)11-5-10-7/h2-5H,1H3;1-3H,4-5,9H2. The molecule has 2 N–H and O–H groups in total. The highest BCUT2D eigenvalue weighted by molar-refractivity contribution is 6.68. The van der Waals surface area contributed by atoms with Gasteiger partial charge in [0.2, 0.25) is 6.79 Å². The molecule has 2 aromatic rings. The van der Waals surface area contributed by atoms with Crippen LogP contribution < -0.4 is 19.9 Å². The number of rotatable bonds is 3. The van der Waals surface area contributed by atoms with Crippen LogP contribution in [-0.2, 0) is 6.54 Å². The Morgan fingerprint density at radius 1 is 1.23 bits per heavy atom. The summed E-state index contributed by atoms with van der Waals surface area (Å²) in [5, 5.41) is -0.498. The quantitative estimate of drug-likeness (QED) is 0.880. The van der Waals surface area contributed by atoms with E-state index < -0.39 is 5.24 Å². The molecule has 0 amide bonds. The topological polar surface area (TPSA) is 70.8 Å². The number of nitrogens with two attached hydrogens (primary N) is 1. The van der Waals surface area contributed by atoms with E-state index in [-0.39, 0.29) is 0 Å². The van der Waals surface area contributed by atoms with Crippen LogP contribution >= 0.6 is 11.6 Å². The summed E-state index contributed by atoms with van der Waals surface area (Å²) in [4.78, 5) is 10.7. The van der Waals surface area contributed by atoms with E-state index >= 15 is 0 Å². The summed E-state index contributed by atoms with van der Waals surface area (Å²) in [6.45, 7) is 0.861. The Morgan fingerprint density at radius 3 is 2.59 bits per heavy atom. The van der Waals surface area contributed by atoms with E-state index in [0.29, 0.717) is 24.7 Å². The van der Waals surface area contributed by atoms with Crippen molar-refractivity contribution < 1.29 is 19.0 Å². The molecule has 0 aromatic heterocycles. The van der Waals surface area contributed by atoms with Crippen molar-refractivity contribution in [3.63, 3.8) is 0 Å². The second-order valence-electron chi connectivity index (χ2n) is 4.37. The summed E-state index contributed by atoms with van der Waals surface area (Å²) in [5.41, 5.74) is 6.91. The average molecular weight is 322 g/mol. The summed E-state index contributed by atoms with van der Waals surface area (Å²) in [6, 6.07) is 12.5. The lowest BCUT2D eigenvalue weighted by Crippen LogP contribution is -1.95. The largest absolute Gasteiger partial charge is 0.496 e. The predicted octanol–water partition coefficient (Wildman–Crippen LogP) is 2.95. The first-order valence-electron chi connectivity index (χ1n) is 6.57. The van der Waals surface area contributed by atoms with Gasteiger partial charge in [0.1, 0.15) is 5.75 Å².